The second-order valence-electron chi connectivity index (χ2n) is 6.15. The Kier molecular flexibility index (Phi) is 11.3. The number of allylic oxidation sites excluding steroid dienone is 2. The SMILES string of the molecule is NC(=O)NN=N[C@H]1CCCCCC/C=C\CCCCCCC1. The van der Waals surface area contributed by atoms with E-state index in [1.807, 2.05) is 0 Å². The van der Waals surface area contributed by atoms with Gasteiger partial charge in [-0.2, -0.15) is 5.11 Å². The summed E-state index contributed by atoms with van der Waals surface area (Å²) in [6, 6.07) is -0.426. The van der Waals surface area contributed by atoms with E-state index < -0.39 is 6.03 Å². The minimum atomic E-state index is -0.648. The summed E-state index contributed by atoms with van der Waals surface area (Å²) in [7, 11) is 0. The molecule has 0 aliphatic heterocycles. The Morgan fingerprint density at radius 2 is 1.36 bits per heavy atom. The minimum absolute atomic E-state index is 0.222. The second kappa shape index (κ2) is 13.3. The number of urea groups is 1. The van der Waals surface area contributed by atoms with Crippen molar-refractivity contribution in [2.75, 3.05) is 0 Å². The number of primary amides is 1. The minimum Gasteiger partial charge on any atom is -0.350 e. The van der Waals surface area contributed by atoms with Gasteiger partial charge in [0.1, 0.15) is 0 Å². The molecule has 0 unspecified atom stereocenters. The Labute approximate surface area is 134 Å². The van der Waals surface area contributed by atoms with Crippen molar-refractivity contribution in [3.05, 3.63) is 12.2 Å². The van der Waals surface area contributed by atoms with E-state index in [0.29, 0.717) is 0 Å². The maximum absolute atomic E-state index is 10.6. The Morgan fingerprint density at radius 1 is 0.864 bits per heavy atom. The van der Waals surface area contributed by atoms with E-state index >= 15 is 0 Å². The van der Waals surface area contributed by atoms with E-state index in [1.165, 1.54) is 70.6 Å². The molecule has 0 saturated carbocycles. The van der Waals surface area contributed by atoms with Crippen LogP contribution in [0.1, 0.15) is 83.5 Å². The molecule has 0 saturated heterocycles. The number of rotatable bonds is 2. The molecule has 22 heavy (non-hydrogen) atoms. The van der Waals surface area contributed by atoms with Gasteiger partial charge in [0.05, 0.1) is 6.04 Å². The molecule has 0 aromatic heterocycles. The van der Waals surface area contributed by atoms with Crippen LogP contribution in [-0.4, -0.2) is 12.1 Å². The molecule has 0 radical (unpaired) electrons. The third-order valence-corrected chi connectivity index (χ3v) is 4.11. The summed E-state index contributed by atoms with van der Waals surface area (Å²) in [5.41, 5.74) is 7.20. The zero-order chi connectivity index (χ0) is 15.9. The smallest absolute Gasteiger partial charge is 0.333 e. The summed E-state index contributed by atoms with van der Waals surface area (Å²) in [4.78, 5) is 10.6. The number of nitrogens with one attached hydrogen (secondary N) is 1. The van der Waals surface area contributed by atoms with Crippen LogP contribution < -0.4 is 11.2 Å². The first-order chi connectivity index (χ1) is 10.8. The number of carbonyl (C=O) groups is 1. The number of hydrogen-bond donors (Lipinski definition) is 2. The fraction of sp³-hybridized carbons (Fsp3) is 0.824. The zero-order valence-corrected chi connectivity index (χ0v) is 13.8. The van der Waals surface area contributed by atoms with Crippen LogP contribution in [0.15, 0.2) is 22.5 Å². The summed E-state index contributed by atoms with van der Waals surface area (Å²) in [5.74, 6) is 0. The fourth-order valence-corrected chi connectivity index (χ4v) is 2.82. The molecule has 5 nitrogen and oxygen atoms in total. The molecule has 0 aromatic carbocycles. The standard InChI is InChI=1S/C17H32N4O/c18-17(22)20-21-19-16-14-12-10-8-6-4-2-1-3-5-7-9-11-13-15-16/h1-2,16H,3-15H2,(H3,18,19,20,22)/b2-1-/t16-/m0/s1. The van der Waals surface area contributed by atoms with Crippen LogP contribution in [0, 0.1) is 0 Å². The molecule has 0 aromatic rings. The Balaban J connectivity index is 2.35. The van der Waals surface area contributed by atoms with E-state index in [-0.39, 0.29) is 6.04 Å². The quantitative estimate of drug-likeness (QED) is 0.418. The summed E-state index contributed by atoms with van der Waals surface area (Å²) in [5, 5.41) is 7.94. The number of amides is 2. The maximum atomic E-state index is 10.6. The van der Waals surface area contributed by atoms with E-state index in [1.54, 1.807) is 0 Å². The lowest BCUT2D eigenvalue weighted by Crippen LogP contribution is -2.24. The first kappa shape index (κ1) is 18.7. The molecule has 1 atom stereocenters. The Bertz CT molecular complexity index is 342. The molecule has 1 rings (SSSR count). The highest BCUT2D eigenvalue weighted by molar-refractivity contribution is 5.70. The van der Waals surface area contributed by atoms with Gasteiger partial charge >= 0.3 is 6.03 Å². The Morgan fingerprint density at radius 3 is 1.91 bits per heavy atom. The maximum Gasteiger partial charge on any atom is 0.333 e. The first-order valence-electron chi connectivity index (χ1n) is 8.89. The van der Waals surface area contributed by atoms with Gasteiger partial charge in [0.2, 0.25) is 0 Å². The molecule has 0 heterocycles. The van der Waals surface area contributed by atoms with Crippen LogP contribution in [0.2, 0.25) is 0 Å². The van der Waals surface area contributed by atoms with Gasteiger partial charge in [-0.3, -0.25) is 0 Å². The molecule has 1 aliphatic carbocycles. The molecule has 3 N–H and O–H groups in total. The van der Waals surface area contributed by atoms with Crippen LogP contribution in [0.25, 0.3) is 0 Å². The average Bonchev–Trinajstić information content (AvgIpc) is 2.48. The zero-order valence-electron chi connectivity index (χ0n) is 13.8. The number of carbonyl (C=O) groups excluding carboxylic acids is 1. The average molecular weight is 308 g/mol. The Hall–Kier alpha value is -1.39. The third kappa shape index (κ3) is 11.3. The van der Waals surface area contributed by atoms with E-state index in [9.17, 15) is 4.79 Å². The van der Waals surface area contributed by atoms with Gasteiger partial charge in [-0.05, 0) is 38.5 Å². The van der Waals surface area contributed by atoms with Gasteiger partial charge in [0.25, 0.3) is 0 Å². The van der Waals surface area contributed by atoms with Gasteiger partial charge in [-0.1, -0.05) is 62.3 Å². The summed E-state index contributed by atoms with van der Waals surface area (Å²) < 4.78 is 0. The van der Waals surface area contributed by atoms with Crippen molar-refractivity contribution in [3.63, 3.8) is 0 Å². The molecule has 2 amide bonds. The molecule has 126 valence electrons. The number of nitrogens with two attached hydrogens (primary N) is 1. The van der Waals surface area contributed by atoms with Gasteiger partial charge in [0.15, 0.2) is 0 Å². The third-order valence-electron chi connectivity index (χ3n) is 4.11. The van der Waals surface area contributed by atoms with Gasteiger partial charge in [-0.25, -0.2) is 10.2 Å². The highest BCUT2D eigenvalue weighted by Crippen LogP contribution is 2.17. The summed E-state index contributed by atoms with van der Waals surface area (Å²) in [6.07, 6.45) is 20.7. The van der Waals surface area contributed by atoms with Crippen LogP contribution >= 0.6 is 0 Å². The molecule has 0 bridgehead atoms. The van der Waals surface area contributed by atoms with Crippen molar-refractivity contribution in [3.8, 4) is 0 Å². The van der Waals surface area contributed by atoms with Gasteiger partial charge < -0.3 is 5.73 Å². The van der Waals surface area contributed by atoms with E-state index in [0.717, 1.165) is 12.8 Å². The van der Waals surface area contributed by atoms with Gasteiger partial charge in [-0.15, -0.1) is 0 Å². The monoisotopic (exact) mass is 308 g/mol. The van der Waals surface area contributed by atoms with Crippen LogP contribution in [0.4, 0.5) is 4.79 Å². The second-order valence-corrected chi connectivity index (χ2v) is 6.15. The molecular formula is C17H32N4O. The van der Waals surface area contributed by atoms with E-state index in [2.05, 4.69) is 27.9 Å². The molecule has 0 fully saturated rings. The van der Waals surface area contributed by atoms with Crippen LogP contribution in [-0.2, 0) is 0 Å². The van der Waals surface area contributed by atoms with Crippen LogP contribution in [0.5, 0.6) is 0 Å². The number of nitrogens with zero attached hydrogens (tertiary/aromatic N) is 2. The lowest BCUT2D eigenvalue weighted by molar-refractivity contribution is 0.248. The van der Waals surface area contributed by atoms with Crippen LogP contribution in [0.3, 0.4) is 0 Å². The molecule has 5 heteroatoms. The van der Waals surface area contributed by atoms with Crippen molar-refractivity contribution < 1.29 is 4.79 Å². The van der Waals surface area contributed by atoms with Crippen molar-refractivity contribution in [2.45, 2.75) is 89.5 Å². The number of hydrogen-bond acceptors (Lipinski definition) is 3. The summed E-state index contributed by atoms with van der Waals surface area (Å²) in [6.45, 7) is 0. The molecule has 1 aliphatic rings. The lowest BCUT2D eigenvalue weighted by atomic mass is 10.0. The van der Waals surface area contributed by atoms with Crippen molar-refractivity contribution in [1.29, 1.82) is 0 Å². The molecular weight excluding hydrogens is 276 g/mol. The predicted molar refractivity (Wildman–Crippen MR) is 90.5 cm³/mol. The summed E-state index contributed by atoms with van der Waals surface area (Å²) >= 11 is 0. The first-order valence-corrected chi connectivity index (χ1v) is 8.89. The topological polar surface area (TPSA) is 79.8 Å². The largest absolute Gasteiger partial charge is 0.350 e. The van der Waals surface area contributed by atoms with Crippen molar-refractivity contribution in [2.24, 2.45) is 16.1 Å². The highest BCUT2D eigenvalue weighted by atomic mass is 16.2. The lowest BCUT2D eigenvalue weighted by Gasteiger charge is -2.11. The van der Waals surface area contributed by atoms with Crippen molar-refractivity contribution in [1.82, 2.24) is 5.43 Å². The fourth-order valence-electron chi connectivity index (χ4n) is 2.82. The van der Waals surface area contributed by atoms with Gasteiger partial charge in [0, 0.05) is 0 Å². The predicted octanol–water partition coefficient (Wildman–Crippen LogP) is 5.03. The molecule has 0 spiro atoms. The van der Waals surface area contributed by atoms with Crippen molar-refractivity contribution >= 4 is 6.03 Å². The van der Waals surface area contributed by atoms with E-state index in [4.69, 9.17) is 5.73 Å². The normalized spacial score (nSPS) is 24.8. The highest BCUT2D eigenvalue weighted by Gasteiger charge is 2.07.